The summed E-state index contributed by atoms with van der Waals surface area (Å²) in [6, 6.07) is 4.49. The van der Waals surface area contributed by atoms with Gasteiger partial charge in [-0.3, -0.25) is 0 Å². The highest BCUT2D eigenvalue weighted by Gasteiger charge is 2.27. The number of aryl methyl sites for hydroxylation is 1. The monoisotopic (exact) mass is 381 g/mol. The number of sulfonamides is 1. The van der Waals surface area contributed by atoms with Crippen LogP contribution in [0.5, 0.6) is 0 Å². The molecule has 8 heteroatoms. The van der Waals surface area contributed by atoms with Gasteiger partial charge in [-0.05, 0) is 43.5 Å². The minimum absolute atomic E-state index is 0.0412. The van der Waals surface area contributed by atoms with Gasteiger partial charge in [0.05, 0.1) is 16.4 Å². The number of rotatable bonds is 3. The van der Waals surface area contributed by atoms with Crippen LogP contribution in [0.3, 0.4) is 0 Å². The van der Waals surface area contributed by atoms with Gasteiger partial charge in [0.2, 0.25) is 10.0 Å². The van der Waals surface area contributed by atoms with Crippen molar-refractivity contribution in [3.05, 3.63) is 28.2 Å². The molecule has 0 aromatic heterocycles. The van der Waals surface area contributed by atoms with E-state index in [1.54, 1.807) is 12.1 Å². The van der Waals surface area contributed by atoms with Crippen molar-refractivity contribution in [1.29, 1.82) is 0 Å². The molecule has 20 heavy (non-hydrogen) atoms. The van der Waals surface area contributed by atoms with Gasteiger partial charge in [0.25, 0.3) is 0 Å². The Kier molecular flexibility index (Phi) is 4.58. The Labute approximate surface area is 127 Å². The van der Waals surface area contributed by atoms with E-state index in [9.17, 15) is 16.8 Å². The average Bonchev–Trinajstić information content (AvgIpc) is 2.35. The molecular weight excluding hydrogens is 366 g/mol. The number of hydrogen-bond acceptors (Lipinski definition) is 4. The minimum atomic E-state index is -3.60. The van der Waals surface area contributed by atoms with Crippen molar-refractivity contribution in [2.24, 2.45) is 0 Å². The van der Waals surface area contributed by atoms with E-state index < -0.39 is 19.9 Å². The first kappa shape index (κ1) is 15.9. The fraction of sp³-hybridized carbons (Fsp3) is 0.500. The van der Waals surface area contributed by atoms with Gasteiger partial charge in [0.15, 0.2) is 0 Å². The first-order chi connectivity index (χ1) is 9.20. The van der Waals surface area contributed by atoms with Gasteiger partial charge in [0.1, 0.15) is 9.84 Å². The van der Waals surface area contributed by atoms with Crippen LogP contribution in [0.15, 0.2) is 27.6 Å². The largest absolute Gasteiger partial charge is 0.240 e. The van der Waals surface area contributed by atoms with Crippen molar-refractivity contribution in [1.82, 2.24) is 4.72 Å². The van der Waals surface area contributed by atoms with Crippen LogP contribution in [-0.4, -0.2) is 34.4 Å². The Balaban J connectivity index is 2.13. The Hall–Kier alpha value is -0.440. The van der Waals surface area contributed by atoms with Crippen molar-refractivity contribution in [3.63, 3.8) is 0 Å². The second-order valence-electron chi connectivity index (χ2n) is 4.96. The van der Waals surface area contributed by atoms with E-state index in [1.807, 2.05) is 6.92 Å². The van der Waals surface area contributed by atoms with Gasteiger partial charge in [-0.15, -0.1) is 0 Å². The standard InChI is InChI=1S/C12H16BrNO4S2/c1-9-8-11(2-3-12(9)13)20(17,18)14-10-4-6-19(15,16)7-5-10/h2-3,8,10,14H,4-7H2,1H3. The van der Waals surface area contributed by atoms with Crippen LogP contribution in [0, 0.1) is 6.92 Å². The second kappa shape index (κ2) is 5.75. The maximum atomic E-state index is 12.2. The lowest BCUT2D eigenvalue weighted by Crippen LogP contribution is -2.40. The highest BCUT2D eigenvalue weighted by Crippen LogP contribution is 2.21. The maximum Gasteiger partial charge on any atom is 0.240 e. The van der Waals surface area contributed by atoms with Crippen LogP contribution in [0.1, 0.15) is 18.4 Å². The number of sulfone groups is 1. The fourth-order valence-corrected chi connectivity index (χ4v) is 5.21. The molecule has 2 rings (SSSR count). The molecule has 0 radical (unpaired) electrons. The molecule has 0 saturated carbocycles. The molecule has 1 saturated heterocycles. The van der Waals surface area contributed by atoms with Crippen LogP contribution >= 0.6 is 15.9 Å². The molecule has 0 spiro atoms. The third-order valence-electron chi connectivity index (χ3n) is 3.32. The molecule has 1 heterocycles. The number of hydrogen-bond donors (Lipinski definition) is 1. The molecule has 1 aliphatic rings. The van der Waals surface area contributed by atoms with E-state index in [4.69, 9.17) is 0 Å². The zero-order valence-corrected chi connectivity index (χ0v) is 14.2. The fourth-order valence-electron chi connectivity index (χ4n) is 2.08. The molecule has 1 aromatic rings. The molecule has 0 amide bonds. The number of benzene rings is 1. The van der Waals surface area contributed by atoms with E-state index >= 15 is 0 Å². The summed E-state index contributed by atoms with van der Waals surface area (Å²) in [6.45, 7) is 1.82. The summed E-state index contributed by atoms with van der Waals surface area (Å²) in [5, 5.41) is 0. The van der Waals surface area contributed by atoms with E-state index in [-0.39, 0.29) is 22.4 Å². The molecule has 112 valence electrons. The smallest absolute Gasteiger partial charge is 0.229 e. The van der Waals surface area contributed by atoms with Gasteiger partial charge in [-0.25, -0.2) is 21.6 Å². The van der Waals surface area contributed by atoms with Gasteiger partial charge >= 0.3 is 0 Å². The maximum absolute atomic E-state index is 12.2. The third-order valence-corrected chi connectivity index (χ3v) is 7.44. The summed E-state index contributed by atoms with van der Waals surface area (Å²) < 4.78 is 50.6. The van der Waals surface area contributed by atoms with Crippen molar-refractivity contribution in [2.75, 3.05) is 11.5 Å². The molecule has 1 aromatic carbocycles. The molecule has 0 aliphatic carbocycles. The van der Waals surface area contributed by atoms with E-state index in [2.05, 4.69) is 20.7 Å². The quantitative estimate of drug-likeness (QED) is 0.862. The first-order valence-corrected chi connectivity index (χ1v) is 10.3. The molecule has 0 atom stereocenters. The van der Waals surface area contributed by atoms with E-state index in [0.717, 1.165) is 10.0 Å². The minimum Gasteiger partial charge on any atom is -0.229 e. The van der Waals surface area contributed by atoms with E-state index in [1.165, 1.54) is 6.07 Å². The van der Waals surface area contributed by atoms with Crippen LogP contribution in [0.2, 0.25) is 0 Å². The Morgan fingerprint density at radius 3 is 2.40 bits per heavy atom. The highest BCUT2D eigenvalue weighted by molar-refractivity contribution is 9.10. The SMILES string of the molecule is Cc1cc(S(=O)(=O)NC2CCS(=O)(=O)CC2)ccc1Br. The topological polar surface area (TPSA) is 80.3 Å². The number of nitrogens with one attached hydrogen (secondary N) is 1. The first-order valence-electron chi connectivity index (χ1n) is 6.18. The predicted molar refractivity (Wildman–Crippen MR) is 80.9 cm³/mol. The van der Waals surface area contributed by atoms with Gasteiger partial charge in [-0.1, -0.05) is 15.9 Å². The van der Waals surface area contributed by atoms with Crippen LogP contribution in [0.25, 0.3) is 0 Å². The lowest BCUT2D eigenvalue weighted by atomic mass is 10.2. The summed E-state index contributed by atoms with van der Waals surface area (Å²) >= 11 is 3.33. The predicted octanol–water partition coefficient (Wildman–Crippen LogP) is 1.61. The lowest BCUT2D eigenvalue weighted by molar-refractivity contribution is 0.505. The van der Waals surface area contributed by atoms with Crippen molar-refractivity contribution in [3.8, 4) is 0 Å². The van der Waals surface area contributed by atoms with Crippen LogP contribution in [0.4, 0.5) is 0 Å². The highest BCUT2D eigenvalue weighted by atomic mass is 79.9. The van der Waals surface area contributed by atoms with Crippen LogP contribution in [-0.2, 0) is 19.9 Å². The van der Waals surface area contributed by atoms with E-state index in [0.29, 0.717) is 12.8 Å². The molecule has 0 unspecified atom stereocenters. The third kappa shape index (κ3) is 3.81. The Morgan fingerprint density at radius 1 is 1.25 bits per heavy atom. The van der Waals surface area contributed by atoms with Crippen LogP contribution < -0.4 is 4.72 Å². The summed E-state index contributed by atoms with van der Waals surface area (Å²) in [7, 11) is -6.59. The second-order valence-corrected chi connectivity index (χ2v) is 9.83. The summed E-state index contributed by atoms with van der Waals surface area (Å²) in [6.07, 6.45) is 0.661. The molecule has 1 aliphatic heterocycles. The molecule has 1 N–H and O–H groups in total. The van der Waals surface area contributed by atoms with Gasteiger partial charge in [-0.2, -0.15) is 0 Å². The normalized spacial score (nSPS) is 19.9. The van der Waals surface area contributed by atoms with Crippen molar-refractivity contribution < 1.29 is 16.8 Å². The van der Waals surface area contributed by atoms with Crippen molar-refractivity contribution >= 4 is 35.8 Å². The summed E-state index contributed by atoms with van der Waals surface area (Å²) in [4.78, 5) is 0.201. The Bertz CT molecular complexity index is 699. The molecule has 1 fully saturated rings. The summed E-state index contributed by atoms with van der Waals surface area (Å²) in [5.41, 5.74) is 0.832. The lowest BCUT2D eigenvalue weighted by Gasteiger charge is -2.23. The summed E-state index contributed by atoms with van der Waals surface area (Å²) in [5.74, 6) is 0.0824. The van der Waals surface area contributed by atoms with Gasteiger partial charge in [0, 0.05) is 10.5 Å². The average molecular weight is 382 g/mol. The zero-order valence-electron chi connectivity index (χ0n) is 11.0. The van der Waals surface area contributed by atoms with Crippen molar-refractivity contribution in [2.45, 2.75) is 30.7 Å². The Morgan fingerprint density at radius 2 is 1.85 bits per heavy atom. The zero-order chi connectivity index (χ0) is 15.0. The molecule has 5 nitrogen and oxygen atoms in total. The molecular formula is C12H16BrNO4S2. The number of halogens is 1. The van der Waals surface area contributed by atoms with Gasteiger partial charge < -0.3 is 0 Å². The molecule has 0 bridgehead atoms.